The van der Waals surface area contributed by atoms with E-state index in [9.17, 15) is 15.0 Å². The molecule has 0 unspecified atom stereocenters. The number of nitrogens with one attached hydrogen (secondary N) is 1. The van der Waals surface area contributed by atoms with Gasteiger partial charge in [-0.3, -0.25) is 4.79 Å². The van der Waals surface area contributed by atoms with Gasteiger partial charge in [0.05, 0.1) is 19.3 Å². The van der Waals surface area contributed by atoms with E-state index in [1.807, 2.05) is 0 Å². The van der Waals surface area contributed by atoms with Gasteiger partial charge >= 0.3 is 0 Å². The van der Waals surface area contributed by atoms with Gasteiger partial charge in [-0.1, -0.05) is 0 Å². The van der Waals surface area contributed by atoms with Gasteiger partial charge in [-0.25, -0.2) is 0 Å². The molecule has 0 aromatic heterocycles. The zero-order valence-corrected chi connectivity index (χ0v) is 9.71. The van der Waals surface area contributed by atoms with Crippen LogP contribution >= 0.6 is 0 Å². The SMILES string of the molecule is CC1(C)O[C@H]2[C@@H](O)[C@@H](CO)NC(=O)[C@@]2(CO)O1. The number of carbonyl (C=O) groups is 1. The zero-order chi connectivity index (χ0) is 12.8. The molecule has 2 heterocycles. The number of hydrogen-bond donors (Lipinski definition) is 4. The predicted octanol–water partition coefficient (Wildman–Crippen LogP) is -2.28. The monoisotopic (exact) mass is 247 g/mol. The molecular weight excluding hydrogens is 230 g/mol. The van der Waals surface area contributed by atoms with Gasteiger partial charge in [-0.15, -0.1) is 0 Å². The van der Waals surface area contributed by atoms with Crippen molar-refractivity contribution in [1.82, 2.24) is 5.32 Å². The maximum absolute atomic E-state index is 11.9. The Bertz CT molecular complexity index is 333. The number of rotatable bonds is 2. The first-order valence-corrected chi connectivity index (χ1v) is 5.45. The van der Waals surface area contributed by atoms with E-state index in [0.717, 1.165) is 0 Å². The molecule has 1 amide bonds. The maximum atomic E-state index is 11.9. The third-order valence-corrected chi connectivity index (χ3v) is 3.15. The molecule has 98 valence electrons. The lowest BCUT2D eigenvalue weighted by molar-refractivity contribution is -0.180. The Labute approximate surface area is 98.3 Å². The average Bonchev–Trinajstić information content (AvgIpc) is 2.57. The first-order valence-electron chi connectivity index (χ1n) is 5.45. The fourth-order valence-electron chi connectivity index (χ4n) is 2.38. The molecule has 17 heavy (non-hydrogen) atoms. The minimum atomic E-state index is -1.60. The number of amides is 1. The number of aliphatic hydroxyl groups is 3. The third-order valence-electron chi connectivity index (χ3n) is 3.15. The van der Waals surface area contributed by atoms with Crippen LogP contribution in [0.3, 0.4) is 0 Å². The van der Waals surface area contributed by atoms with Gasteiger partial charge in [-0.2, -0.15) is 0 Å². The summed E-state index contributed by atoms with van der Waals surface area (Å²) >= 11 is 0. The molecule has 0 spiro atoms. The molecule has 7 nitrogen and oxygen atoms in total. The fourth-order valence-corrected chi connectivity index (χ4v) is 2.38. The summed E-state index contributed by atoms with van der Waals surface area (Å²) < 4.78 is 10.9. The number of aliphatic hydroxyl groups excluding tert-OH is 3. The van der Waals surface area contributed by atoms with Crippen LogP contribution in [-0.2, 0) is 14.3 Å². The topological polar surface area (TPSA) is 108 Å². The van der Waals surface area contributed by atoms with Crippen molar-refractivity contribution in [3.05, 3.63) is 0 Å². The van der Waals surface area contributed by atoms with Crippen LogP contribution in [0.25, 0.3) is 0 Å². The van der Waals surface area contributed by atoms with Gasteiger partial charge in [0.25, 0.3) is 5.91 Å². The van der Waals surface area contributed by atoms with Crippen molar-refractivity contribution in [3.8, 4) is 0 Å². The molecule has 4 N–H and O–H groups in total. The number of piperidine rings is 1. The molecule has 2 fully saturated rings. The fraction of sp³-hybridized carbons (Fsp3) is 0.900. The largest absolute Gasteiger partial charge is 0.394 e. The molecule has 7 heteroatoms. The van der Waals surface area contributed by atoms with Gasteiger partial charge in [-0.05, 0) is 13.8 Å². The maximum Gasteiger partial charge on any atom is 0.258 e. The highest BCUT2D eigenvalue weighted by molar-refractivity contribution is 5.88. The summed E-state index contributed by atoms with van der Waals surface area (Å²) in [5.74, 6) is -1.66. The van der Waals surface area contributed by atoms with Crippen molar-refractivity contribution in [3.63, 3.8) is 0 Å². The van der Waals surface area contributed by atoms with Crippen molar-refractivity contribution < 1.29 is 29.6 Å². The Kier molecular flexibility index (Phi) is 2.91. The van der Waals surface area contributed by atoms with Gasteiger partial charge in [0.1, 0.15) is 12.2 Å². The number of carbonyl (C=O) groups excluding carboxylic acids is 1. The molecule has 0 aromatic carbocycles. The standard InChI is InChI=1S/C10H17NO6/c1-9(2)16-7-6(14)5(3-12)11-8(15)10(7,4-13)17-9/h5-7,12-14H,3-4H2,1-2H3,(H,11,15)/t5-,6+,7+,10+/m1/s1. The van der Waals surface area contributed by atoms with E-state index in [1.165, 1.54) is 0 Å². The van der Waals surface area contributed by atoms with E-state index in [-0.39, 0.29) is 0 Å². The second-order valence-electron chi connectivity index (χ2n) is 4.84. The van der Waals surface area contributed by atoms with Crippen molar-refractivity contribution >= 4 is 5.91 Å². The lowest BCUT2D eigenvalue weighted by atomic mass is 9.85. The Morgan fingerprint density at radius 1 is 1.41 bits per heavy atom. The average molecular weight is 247 g/mol. The molecule has 0 aliphatic carbocycles. The molecule has 0 radical (unpaired) electrons. The lowest BCUT2D eigenvalue weighted by Gasteiger charge is -2.40. The highest BCUT2D eigenvalue weighted by Crippen LogP contribution is 2.40. The van der Waals surface area contributed by atoms with E-state index in [2.05, 4.69) is 5.32 Å². The summed E-state index contributed by atoms with van der Waals surface area (Å²) in [6.45, 7) is 2.18. The van der Waals surface area contributed by atoms with Crippen molar-refractivity contribution in [2.75, 3.05) is 13.2 Å². The van der Waals surface area contributed by atoms with Crippen LogP contribution in [0.2, 0.25) is 0 Å². The zero-order valence-electron chi connectivity index (χ0n) is 9.71. The number of hydrogen-bond acceptors (Lipinski definition) is 6. The molecule has 2 aliphatic rings. The van der Waals surface area contributed by atoms with Gasteiger partial charge in [0.15, 0.2) is 5.79 Å². The van der Waals surface area contributed by atoms with Gasteiger partial charge in [0, 0.05) is 0 Å². The van der Waals surface area contributed by atoms with Crippen molar-refractivity contribution in [1.29, 1.82) is 0 Å². The smallest absolute Gasteiger partial charge is 0.258 e. The molecule has 0 aromatic rings. The molecule has 2 aliphatic heterocycles. The van der Waals surface area contributed by atoms with Crippen LogP contribution in [0.1, 0.15) is 13.8 Å². The summed E-state index contributed by atoms with van der Waals surface area (Å²) in [7, 11) is 0. The van der Waals surface area contributed by atoms with Gasteiger partial charge < -0.3 is 30.1 Å². The van der Waals surface area contributed by atoms with Crippen LogP contribution < -0.4 is 5.32 Å². The Balaban J connectivity index is 2.36. The molecule has 0 bridgehead atoms. The van der Waals surface area contributed by atoms with Crippen molar-refractivity contribution in [2.24, 2.45) is 0 Å². The third kappa shape index (κ3) is 1.74. The second kappa shape index (κ2) is 3.89. The van der Waals surface area contributed by atoms with E-state index >= 15 is 0 Å². The number of fused-ring (bicyclic) bond motifs is 1. The first-order chi connectivity index (χ1) is 7.86. The van der Waals surface area contributed by atoms with Crippen molar-refractivity contribution in [2.45, 2.75) is 43.5 Å². The highest BCUT2D eigenvalue weighted by Gasteiger charge is 2.64. The van der Waals surface area contributed by atoms with Crippen LogP contribution in [-0.4, -0.2) is 64.1 Å². The summed E-state index contributed by atoms with van der Waals surface area (Å²) in [5, 5.41) is 30.9. The quantitative estimate of drug-likeness (QED) is 0.438. The molecule has 4 atom stereocenters. The van der Waals surface area contributed by atoms with E-state index in [4.69, 9.17) is 14.6 Å². The van der Waals surface area contributed by atoms with Crippen LogP contribution in [0.5, 0.6) is 0 Å². The predicted molar refractivity (Wildman–Crippen MR) is 54.9 cm³/mol. The summed E-state index contributed by atoms with van der Waals surface area (Å²) in [6, 6.07) is -0.815. The highest BCUT2D eigenvalue weighted by atomic mass is 16.8. The van der Waals surface area contributed by atoms with E-state index in [0.29, 0.717) is 0 Å². The molecular formula is C10H17NO6. The van der Waals surface area contributed by atoms with Gasteiger partial charge in [0.2, 0.25) is 5.60 Å². The number of ether oxygens (including phenoxy) is 2. The molecule has 0 saturated carbocycles. The Hall–Kier alpha value is -0.730. The first kappa shape index (κ1) is 12.7. The Morgan fingerprint density at radius 2 is 2.06 bits per heavy atom. The minimum absolute atomic E-state index is 0.408. The van der Waals surface area contributed by atoms with Crippen LogP contribution in [0, 0.1) is 0 Å². The molecule has 2 saturated heterocycles. The summed E-state index contributed by atoms with van der Waals surface area (Å²) in [5.41, 5.74) is -1.60. The van der Waals surface area contributed by atoms with E-state index in [1.54, 1.807) is 13.8 Å². The summed E-state index contributed by atoms with van der Waals surface area (Å²) in [6.07, 6.45) is -2.12. The normalized spacial score (nSPS) is 44.3. The Morgan fingerprint density at radius 3 is 2.59 bits per heavy atom. The molecule has 2 rings (SSSR count). The lowest BCUT2D eigenvalue weighted by Crippen LogP contribution is -2.70. The minimum Gasteiger partial charge on any atom is -0.394 e. The van der Waals surface area contributed by atoms with E-state index < -0.39 is 48.8 Å². The summed E-state index contributed by atoms with van der Waals surface area (Å²) in [4.78, 5) is 11.9. The van der Waals surface area contributed by atoms with Crippen LogP contribution in [0.4, 0.5) is 0 Å². The van der Waals surface area contributed by atoms with Crippen LogP contribution in [0.15, 0.2) is 0 Å². The second-order valence-corrected chi connectivity index (χ2v) is 4.84.